The zero-order valence-corrected chi connectivity index (χ0v) is 19.8. The maximum absolute atomic E-state index is 13.7. The number of rotatable bonds is 5. The van der Waals surface area contributed by atoms with Gasteiger partial charge >= 0.3 is 5.97 Å². The molecule has 1 saturated carbocycles. The van der Waals surface area contributed by atoms with Gasteiger partial charge in [-0.2, -0.15) is 5.10 Å². The van der Waals surface area contributed by atoms with Crippen molar-refractivity contribution in [2.45, 2.75) is 31.5 Å². The Kier molecular flexibility index (Phi) is 4.96. The minimum absolute atomic E-state index is 0.116. The van der Waals surface area contributed by atoms with Crippen LogP contribution in [0.3, 0.4) is 0 Å². The van der Waals surface area contributed by atoms with Gasteiger partial charge in [-0.05, 0) is 42.7 Å². The van der Waals surface area contributed by atoms with Crippen molar-refractivity contribution in [3.63, 3.8) is 0 Å². The van der Waals surface area contributed by atoms with Crippen molar-refractivity contribution in [2.24, 2.45) is 0 Å². The van der Waals surface area contributed by atoms with E-state index in [9.17, 15) is 19.5 Å². The summed E-state index contributed by atoms with van der Waals surface area (Å²) < 4.78 is 1.79. The van der Waals surface area contributed by atoms with Crippen LogP contribution in [0.2, 0.25) is 0 Å². The Morgan fingerprint density at radius 2 is 1.86 bits per heavy atom. The normalized spacial score (nSPS) is 16.0. The number of aromatic carboxylic acids is 1. The second-order valence-corrected chi connectivity index (χ2v) is 9.51. The molecule has 1 aliphatic heterocycles. The molecule has 2 amide bonds. The molecule has 0 radical (unpaired) electrons. The highest BCUT2D eigenvalue weighted by Gasteiger charge is 2.50. The third-order valence-corrected chi connectivity index (χ3v) is 7.47. The Bertz CT molecular complexity index is 1500. The summed E-state index contributed by atoms with van der Waals surface area (Å²) in [6, 6.07) is 16.4. The van der Waals surface area contributed by atoms with Gasteiger partial charge in [-0.15, -0.1) is 0 Å². The van der Waals surface area contributed by atoms with Gasteiger partial charge in [-0.3, -0.25) is 14.3 Å². The summed E-state index contributed by atoms with van der Waals surface area (Å²) in [6.45, 7) is 1.28. The number of aromatic amines is 1. The molecule has 2 aromatic carbocycles. The van der Waals surface area contributed by atoms with Gasteiger partial charge in [0.1, 0.15) is 5.69 Å². The number of fused-ring (bicyclic) bond motifs is 2. The van der Waals surface area contributed by atoms with Crippen LogP contribution in [-0.2, 0) is 18.6 Å². The van der Waals surface area contributed by atoms with Crippen LogP contribution in [-0.4, -0.2) is 61.0 Å². The van der Waals surface area contributed by atoms with Crippen molar-refractivity contribution < 1.29 is 19.5 Å². The summed E-state index contributed by atoms with van der Waals surface area (Å²) in [5.41, 5.74) is 3.08. The Hall–Kier alpha value is -4.40. The van der Waals surface area contributed by atoms with Crippen LogP contribution in [0.15, 0.2) is 60.8 Å². The minimum Gasteiger partial charge on any atom is -0.478 e. The maximum atomic E-state index is 13.7. The lowest BCUT2D eigenvalue weighted by molar-refractivity contribution is 0.0669. The first-order valence-corrected chi connectivity index (χ1v) is 11.9. The highest BCUT2D eigenvalue weighted by molar-refractivity contribution is 5.99. The Morgan fingerprint density at radius 1 is 1.06 bits per heavy atom. The lowest BCUT2D eigenvalue weighted by Crippen LogP contribution is -2.41. The number of hydrogen-bond acceptors (Lipinski definition) is 4. The number of carboxylic acids is 1. The Labute approximate surface area is 206 Å². The van der Waals surface area contributed by atoms with Crippen molar-refractivity contribution in [2.75, 3.05) is 13.6 Å². The van der Waals surface area contributed by atoms with Crippen molar-refractivity contribution in [3.05, 3.63) is 88.9 Å². The van der Waals surface area contributed by atoms with Gasteiger partial charge in [-0.1, -0.05) is 30.3 Å². The number of nitrogens with one attached hydrogen (secondary N) is 1. The number of aromatic nitrogens is 3. The number of nitrogens with zero attached hydrogens (tertiary/aromatic N) is 4. The van der Waals surface area contributed by atoms with E-state index in [2.05, 4.69) is 10.1 Å². The number of carbonyl (C=O) groups excluding carboxylic acids is 2. The molecule has 0 spiro atoms. The van der Waals surface area contributed by atoms with Gasteiger partial charge in [0.2, 0.25) is 0 Å². The van der Waals surface area contributed by atoms with E-state index in [0.29, 0.717) is 30.0 Å². The highest BCUT2D eigenvalue weighted by atomic mass is 16.4. The van der Waals surface area contributed by atoms with Crippen LogP contribution in [0.1, 0.15) is 55.3 Å². The van der Waals surface area contributed by atoms with Crippen LogP contribution in [0, 0.1) is 0 Å². The fourth-order valence-corrected chi connectivity index (χ4v) is 5.21. The summed E-state index contributed by atoms with van der Waals surface area (Å²) in [6.07, 6.45) is 3.09. The second-order valence-electron chi connectivity index (χ2n) is 9.51. The quantitative estimate of drug-likeness (QED) is 0.452. The molecule has 2 aliphatic rings. The summed E-state index contributed by atoms with van der Waals surface area (Å²) in [5.74, 6) is -1.30. The number of H-pyrrole nitrogens is 1. The third kappa shape index (κ3) is 3.46. The molecule has 2 N–H and O–H groups in total. The van der Waals surface area contributed by atoms with Crippen LogP contribution in [0.4, 0.5) is 0 Å². The molecular formula is C27H25N5O4. The van der Waals surface area contributed by atoms with Gasteiger partial charge in [0.15, 0.2) is 0 Å². The molecule has 0 bridgehead atoms. The van der Waals surface area contributed by atoms with Crippen molar-refractivity contribution in [1.82, 2.24) is 24.6 Å². The van der Waals surface area contributed by atoms with Crippen LogP contribution < -0.4 is 0 Å². The van der Waals surface area contributed by atoms with E-state index in [-0.39, 0.29) is 23.9 Å². The summed E-state index contributed by atoms with van der Waals surface area (Å²) in [5, 5.41) is 14.8. The molecule has 0 unspecified atom stereocenters. The zero-order chi connectivity index (χ0) is 25.0. The number of para-hydroxylation sites is 1. The first-order chi connectivity index (χ1) is 17.4. The molecule has 2 aromatic heterocycles. The lowest BCUT2D eigenvalue weighted by Gasteiger charge is -2.31. The molecule has 0 atom stereocenters. The average Bonchev–Trinajstić information content (AvgIpc) is 3.42. The summed E-state index contributed by atoms with van der Waals surface area (Å²) in [4.78, 5) is 45.0. The van der Waals surface area contributed by atoms with E-state index in [1.165, 1.54) is 0 Å². The predicted octanol–water partition coefficient (Wildman–Crippen LogP) is 3.48. The molecule has 3 heterocycles. The zero-order valence-electron chi connectivity index (χ0n) is 19.8. The monoisotopic (exact) mass is 483 g/mol. The van der Waals surface area contributed by atoms with Gasteiger partial charge in [0.25, 0.3) is 11.8 Å². The van der Waals surface area contributed by atoms with E-state index >= 15 is 0 Å². The second kappa shape index (κ2) is 8.08. The first kappa shape index (κ1) is 22.1. The fraction of sp³-hybridized carbons (Fsp3) is 0.259. The number of carbonyl (C=O) groups is 3. The molecule has 4 aromatic rings. The first-order valence-electron chi connectivity index (χ1n) is 11.9. The van der Waals surface area contributed by atoms with Crippen molar-refractivity contribution in [1.29, 1.82) is 0 Å². The SMILES string of the molecule is CN(C(=O)c1cnn2c1CN(C(=O)c1cc3ccccc3[nH]1)CC2)C1(c2cccc(C(=O)O)c2)CC1. The third-order valence-electron chi connectivity index (χ3n) is 7.47. The van der Waals surface area contributed by atoms with E-state index < -0.39 is 11.5 Å². The molecule has 1 aliphatic carbocycles. The largest absolute Gasteiger partial charge is 0.478 e. The predicted molar refractivity (Wildman–Crippen MR) is 132 cm³/mol. The molecule has 9 nitrogen and oxygen atoms in total. The number of carboxylic acid groups (broad SMARTS) is 1. The Balaban J connectivity index is 1.25. The molecule has 9 heteroatoms. The van der Waals surface area contributed by atoms with Crippen LogP contribution in [0.5, 0.6) is 0 Å². The average molecular weight is 484 g/mol. The fourth-order valence-electron chi connectivity index (χ4n) is 5.21. The lowest BCUT2D eigenvalue weighted by atomic mass is 9.99. The molecule has 1 fully saturated rings. The van der Waals surface area contributed by atoms with E-state index in [0.717, 1.165) is 29.3 Å². The smallest absolute Gasteiger partial charge is 0.335 e. The molecule has 0 saturated heterocycles. The van der Waals surface area contributed by atoms with Gasteiger partial charge in [-0.25, -0.2) is 4.79 Å². The molecular weight excluding hydrogens is 458 g/mol. The minimum atomic E-state index is -0.993. The van der Waals surface area contributed by atoms with Crippen molar-refractivity contribution >= 4 is 28.7 Å². The molecule has 182 valence electrons. The van der Waals surface area contributed by atoms with E-state index in [4.69, 9.17) is 0 Å². The molecule has 36 heavy (non-hydrogen) atoms. The van der Waals surface area contributed by atoms with Gasteiger partial charge in [0.05, 0.1) is 41.6 Å². The van der Waals surface area contributed by atoms with Crippen LogP contribution >= 0.6 is 0 Å². The topological polar surface area (TPSA) is 112 Å². The van der Waals surface area contributed by atoms with E-state index in [1.54, 1.807) is 45.9 Å². The maximum Gasteiger partial charge on any atom is 0.335 e. The summed E-state index contributed by atoms with van der Waals surface area (Å²) >= 11 is 0. The summed E-state index contributed by atoms with van der Waals surface area (Å²) in [7, 11) is 1.75. The highest BCUT2D eigenvalue weighted by Crippen LogP contribution is 2.51. The standard InChI is InChI=1S/C27H25N5O4/c1-30(27(9-10-27)19-7-4-6-18(13-19)26(35)36)24(33)20-15-28-32-12-11-31(16-23(20)32)25(34)22-14-17-5-2-3-8-21(17)29-22/h2-8,13-15,29H,9-12,16H2,1H3,(H,35,36). The molecule has 6 rings (SSSR count). The number of hydrogen-bond donors (Lipinski definition) is 2. The van der Waals surface area contributed by atoms with Gasteiger partial charge in [0, 0.05) is 24.5 Å². The number of benzene rings is 2. The Morgan fingerprint density at radius 3 is 2.61 bits per heavy atom. The van der Waals surface area contributed by atoms with Gasteiger partial charge < -0.3 is 19.9 Å². The van der Waals surface area contributed by atoms with E-state index in [1.807, 2.05) is 36.4 Å². The number of amides is 2. The van der Waals surface area contributed by atoms with Crippen LogP contribution in [0.25, 0.3) is 10.9 Å². The van der Waals surface area contributed by atoms with Crippen molar-refractivity contribution in [3.8, 4) is 0 Å².